The van der Waals surface area contributed by atoms with Crippen molar-refractivity contribution in [3.63, 3.8) is 0 Å². The van der Waals surface area contributed by atoms with E-state index in [9.17, 15) is 9.59 Å². The van der Waals surface area contributed by atoms with Crippen molar-refractivity contribution in [2.75, 3.05) is 25.4 Å². The second-order valence-corrected chi connectivity index (χ2v) is 5.33. The molecular formula is C12H17N3O3S. The molecule has 19 heavy (non-hydrogen) atoms. The zero-order valence-corrected chi connectivity index (χ0v) is 11.7. The highest BCUT2D eigenvalue weighted by molar-refractivity contribution is 7.99. The van der Waals surface area contributed by atoms with Gasteiger partial charge in [-0.15, -0.1) is 0 Å². The number of carbonyl (C=O) groups excluding carboxylic acids is 1. The molecule has 6 nitrogen and oxygen atoms in total. The number of carbonyl (C=O) groups is 1. The summed E-state index contributed by atoms with van der Waals surface area (Å²) in [5.74, 6) is 0.688. The van der Waals surface area contributed by atoms with Gasteiger partial charge in [0, 0.05) is 24.1 Å². The highest BCUT2D eigenvalue weighted by atomic mass is 32.2. The summed E-state index contributed by atoms with van der Waals surface area (Å²) in [6.45, 7) is 3.75. The lowest BCUT2D eigenvalue weighted by Gasteiger charge is -2.11. The van der Waals surface area contributed by atoms with Crippen LogP contribution in [0.25, 0.3) is 0 Å². The lowest BCUT2D eigenvalue weighted by Crippen LogP contribution is -2.26. The minimum Gasteiger partial charge on any atom is -0.448 e. The zero-order chi connectivity index (χ0) is 13.7. The third kappa shape index (κ3) is 3.99. The summed E-state index contributed by atoms with van der Waals surface area (Å²) in [5, 5.41) is 0.614. The Bertz CT molecular complexity index is 503. The molecule has 0 saturated carbocycles. The summed E-state index contributed by atoms with van der Waals surface area (Å²) in [5.41, 5.74) is 0.691. The molecule has 1 aliphatic rings. The van der Waals surface area contributed by atoms with Gasteiger partial charge in [0.2, 0.25) is 0 Å². The molecule has 0 spiro atoms. The number of nitrogens with zero attached hydrogens (tertiary/aromatic N) is 2. The topological polar surface area (TPSA) is 75.3 Å². The second-order valence-electron chi connectivity index (χ2n) is 4.24. The molecule has 0 radical (unpaired) electrons. The van der Waals surface area contributed by atoms with Gasteiger partial charge < -0.3 is 14.6 Å². The van der Waals surface area contributed by atoms with Gasteiger partial charge in [0.1, 0.15) is 6.61 Å². The first-order chi connectivity index (χ1) is 9.19. The normalized spacial score (nSPS) is 14.8. The van der Waals surface area contributed by atoms with E-state index in [1.807, 2.05) is 0 Å². The fourth-order valence-corrected chi connectivity index (χ4v) is 2.68. The molecule has 0 aromatic carbocycles. The lowest BCUT2D eigenvalue weighted by atomic mass is 10.2. The molecule has 0 unspecified atom stereocenters. The molecule has 1 amide bonds. The molecule has 1 saturated heterocycles. The zero-order valence-electron chi connectivity index (χ0n) is 10.8. The number of hydrogen-bond donors (Lipinski definition) is 1. The molecular weight excluding hydrogens is 266 g/mol. The lowest BCUT2D eigenvalue weighted by molar-refractivity contribution is 0.160. The van der Waals surface area contributed by atoms with E-state index in [4.69, 9.17) is 4.74 Å². The molecule has 104 valence electrons. The molecule has 1 N–H and O–H groups in total. The maximum absolute atomic E-state index is 11.5. The molecule has 2 heterocycles. The monoisotopic (exact) mass is 283 g/mol. The number of nitrogens with one attached hydrogen (secondary N) is 1. The van der Waals surface area contributed by atoms with E-state index in [1.165, 1.54) is 17.8 Å². The Balaban J connectivity index is 1.88. The van der Waals surface area contributed by atoms with Crippen molar-refractivity contribution in [1.29, 1.82) is 0 Å². The van der Waals surface area contributed by atoms with Gasteiger partial charge in [-0.25, -0.2) is 9.78 Å². The number of aryl methyl sites for hydroxylation is 1. The van der Waals surface area contributed by atoms with Crippen LogP contribution in [0.4, 0.5) is 4.79 Å². The largest absolute Gasteiger partial charge is 0.448 e. The predicted octanol–water partition coefficient (Wildman–Crippen LogP) is 1.27. The van der Waals surface area contributed by atoms with E-state index < -0.39 is 0 Å². The van der Waals surface area contributed by atoms with E-state index in [1.54, 1.807) is 4.90 Å². The number of amides is 1. The van der Waals surface area contributed by atoms with E-state index in [0.29, 0.717) is 30.6 Å². The number of H-pyrrole nitrogens is 1. The number of thioether (sulfide) groups is 1. The Morgan fingerprint density at radius 3 is 3.05 bits per heavy atom. The average molecular weight is 283 g/mol. The first-order valence-electron chi connectivity index (χ1n) is 6.34. The summed E-state index contributed by atoms with van der Waals surface area (Å²) < 4.78 is 4.84. The first-order valence-corrected chi connectivity index (χ1v) is 7.32. The van der Waals surface area contributed by atoms with Crippen LogP contribution in [-0.2, 0) is 11.2 Å². The Hall–Kier alpha value is -1.50. The van der Waals surface area contributed by atoms with Gasteiger partial charge in [0.15, 0.2) is 5.16 Å². The van der Waals surface area contributed by atoms with Gasteiger partial charge in [-0.2, -0.15) is 0 Å². The Morgan fingerprint density at radius 1 is 1.53 bits per heavy atom. The fourth-order valence-electron chi connectivity index (χ4n) is 1.82. The van der Waals surface area contributed by atoms with Crippen LogP contribution in [0.15, 0.2) is 16.0 Å². The Morgan fingerprint density at radius 2 is 2.37 bits per heavy atom. The molecule has 1 aromatic heterocycles. The summed E-state index contributed by atoms with van der Waals surface area (Å²) in [6.07, 6.45) is 1.50. The quantitative estimate of drug-likeness (QED) is 0.628. The maximum atomic E-state index is 11.5. The van der Waals surface area contributed by atoms with Gasteiger partial charge in [0.25, 0.3) is 5.56 Å². The number of cyclic esters (lactones) is 1. The minimum absolute atomic E-state index is 0.124. The summed E-state index contributed by atoms with van der Waals surface area (Å²) in [7, 11) is 0. The van der Waals surface area contributed by atoms with Gasteiger partial charge in [-0.05, 0) is 6.42 Å². The third-order valence-electron chi connectivity index (χ3n) is 2.72. The molecule has 2 rings (SSSR count). The second kappa shape index (κ2) is 6.60. The number of aromatic nitrogens is 2. The average Bonchev–Trinajstić information content (AvgIpc) is 2.75. The van der Waals surface area contributed by atoms with Gasteiger partial charge >= 0.3 is 6.09 Å². The van der Waals surface area contributed by atoms with Gasteiger partial charge in [0.05, 0.1) is 6.54 Å². The first kappa shape index (κ1) is 13.9. The number of rotatable bonds is 6. The van der Waals surface area contributed by atoms with Crippen LogP contribution in [0.1, 0.15) is 19.0 Å². The van der Waals surface area contributed by atoms with Crippen molar-refractivity contribution < 1.29 is 9.53 Å². The minimum atomic E-state index is -0.262. The number of aromatic amines is 1. The molecule has 1 fully saturated rings. The summed E-state index contributed by atoms with van der Waals surface area (Å²) in [6, 6.07) is 1.53. The predicted molar refractivity (Wildman–Crippen MR) is 72.5 cm³/mol. The van der Waals surface area contributed by atoms with Crippen LogP contribution < -0.4 is 5.56 Å². The Kier molecular flexibility index (Phi) is 4.84. The van der Waals surface area contributed by atoms with E-state index >= 15 is 0 Å². The van der Waals surface area contributed by atoms with Crippen LogP contribution >= 0.6 is 11.8 Å². The van der Waals surface area contributed by atoms with Gasteiger partial charge in [-0.1, -0.05) is 25.1 Å². The smallest absolute Gasteiger partial charge is 0.409 e. The van der Waals surface area contributed by atoms with Crippen molar-refractivity contribution in [3.05, 3.63) is 22.1 Å². The van der Waals surface area contributed by atoms with Crippen molar-refractivity contribution in [2.24, 2.45) is 0 Å². The van der Waals surface area contributed by atoms with Crippen LogP contribution in [-0.4, -0.2) is 46.4 Å². The molecule has 1 aliphatic heterocycles. The standard InChI is InChI=1S/C12H17N3O3S/c1-2-3-9-8-10(16)14-11(13-9)19-7-5-15-4-6-18-12(15)17/h8H,2-7H2,1H3,(H,13,14,16). The number of hydrogen-bond acceptors (Lipinski definition) is 5. The van der Waals surface area contributed by atoms with Crippen molar-refractivity contribution in [2.45, 2.75) is 24.9 Å². The van der Waals surface area contributed by atoms with E-state index in [2.05, 4.69) is 16.9 Å². The number of ether oxygens (including phenoxy) is 1. The van der Waals surface area contributed by atoms with Crippen molar-refractivity contribution in [3.8, 4) is 0 Å². The molecule has 0 bridgehead atoms. The Labute approximate surface area is 115 Å². The SMILES string of the molecule is CCCc1cc(=O)[nH]c(SCCN2CCOC2=O)n1. The van der Waals surface area contributed by atoms with Crippen LogP contribution in [0, 0.1) is 0 Å². The molecule has 7 heteroatoms. The third-order valence-corrected chi connectivity index (χ3v) is 3.58. The fraction of sp³-hybridized carbons (Fsp3) is 0.583. The van der Waals surface area contributed by atoms with E-state index in [0.717, 1.165) is 18.5 Å². The molecule has 0 atom stereocenters. The highest BCUT2D eigenvalue weighted by Gasteiger charge is 2.21. The summed E-state index contributed by atoms with van der Waals surface area (Å²) >= 11 is 1.45. The van der Waals surface area contributed by atoms with E-state index in [-0.39, 0.29) is 11.7 Å². The van der Waals surface area contributed by atoms with Crippen LogP contribution in [0.2, 0.25) is 0 Å². The van der Waals surface area contributed by atoms with Crippen molar-refractivity contribution in [1.82, 2.24) is 14.9 Å². The molecule has 0 aliphatic carbocycles. The van der Waals surface area contributed by atoms with Crippen LogP contribution in [0.3, 0.4) is 0 Å². The van der Waals surface area contributed by atoms with Crippen molar-refractivity contribution >= 4 is 17.9 Å². The summed E-state index contributed by atoms with van der Waals surface area (Å²) in [4.78, 5) is 31.4. The van der Waals surface area contributed by atoms with Gasteiger partial charge in [-0.3, -0.25) is 4.79 Å². The maximum Gasteiger partial charge on any atom is 0.409 e. The highest BCUT2D eigenvalue weighted by Crippen LogP contribution is 2.13. The molecule has 1 aromatic rings. The van der Waals surface area contributed by atoms with Crippen LogP contribution in [0.5, 0.6) is 0 Å².